The Balaban J connectivity index is 2.62. The molecule has 0 amide bonds. The van der Waals surface area contributed by atoms with E-state index in [1.165, 1.54) is 5.56 Å². The fourth-order valence-electron chi connectivity index (χ4n) is 2.13. The summed E-state index contributed by atoms with van der Waals surface area (Å²) in [4.78, 5) is 0. The van der Waals surface area contributed by atoms with Gasteiger partial charge in [-0.15, -0.1) is 0 Å². The molecule has 2 unspecified atom stereocenters. The molecule has 0 radical (unpaired) electrons. The van der Waals surface area contributed by atoms with Crippen LogP contribution in [0.4, 0.5) is 0 Å². The molecular weight excluding hydrogens is 338 g/mol. The monoisotopic (exact) mass is 361 g/mol. The topological polar surface area (TPSA) is 21.3 Å². The van der Waals surface area contributed by atoms with Crippen molar-refractivity contribution in [2.75, 3.05) is 13.7 Å². The summed E-state index contributed by atoms with van der Waals surface area (Å²) in [6.07, 6.45) is 4.57. The van der Waals surface area contributed by atoms with Gasteiger partial charge in [0.1, 0.15) is 0 Å². The summed E-state index contributed by atoms with van der Waals surface area (Å²) >= 11 is 9.76. The predicted molar refractivity (Wildman–Crippen MR) is 90.6 cm³/mol. The molecule has 0 aliphatic heterocycles. The van der Waals surface area contributed by atoms with Crippen LogP contribution in [0.25, 0.3) is 0 Å². The van der Waals surface area contributed by atoms with Crippen molar-refractivity contribution < 1.29 is 4.74 Å². The molecule has 2 nitrogen and oxygen atoms in total. The van der Waals surface area contributed by atoms with Crippen LogP contribution in [0.3, 0.4) is 0 Å². The lowest BCUT2D eigenvalue weighted by Gasteiger charge is -2.21. The molecule has 0 heterocycles. The number of hydrogen-bond acceptors (Lipinski definition) is 2. The molecule has 1 N–H and O–H groups in total. The summed E-state index contributed by atoms with van der Waals surface area (Å²) in [6, 6.07) is 6.57. The molecule has 0 aliphatic rings. The van der Waals surface area contributed by atoms with Crippen molar-refractivity contribution in [3.05, 3.63) is 33.3 Å². The molecule has 0 saturated heterocycles. The van der Waals surface area contributed by atoms with Gasteiger partial charge in [0, 0.05) is 22.6 Å². The Labute approximate surface area is 136 Å². The number of ether oxygens (including phenoxy) is 1. The van der Waals surface area contributed by atoms with Crippen LogP contribution in [0.2, 0.25) is 5.02 Å². The Hall–Kier alpha value is -0.0900. The van der Waals surface area contributed by atoms with Crippen molar-refractivity contribution in [2.24, 2.45) is 0 Å². The Morgan fingerprint density at radius 3 is 2.70 bits per heavy atom. The van der Waals surface area contributed by atoms with Crippen molar-refractivity contribution >= 4 is 27.5 Å². The fourth-order valence-corrected chi connectivity index (χ4v) is 2.88. The molecule has 1 aromatic carbocycles. The maximum Gasteiger partial charge on any atom is 0.0543 e. The molecule has 0 spiro atoms. The largest absolute Gasteiger partial charge is 0.382 e. The highest BCUT2D eigenvalue weighted by molar-refractivity contribution is 9.10. The minimum absolute atomic E-state index is 0.307. The summed E-state index contributed by atoms with van der Waals surface area (Å²) in [6.45, 7) is 5.35. The van der Waals surface area contributed by atoms with Crippen LogP contribution in [0.1, 0.15) is 38.7 Å². The summed E-state index contributed by atoms with van der Waals surface area (Å²) < 4.78 is 6.36. The highest BCUT2D eigenvalue weighted by atomic mass is 79.9. The van der Waals surface area contributed by atoms with Crippen LogP contribution in [0.15, 0.2) is 22.7 Å². The Kier molecular flexibility index (Phi) is 8.78. The Morgan fingerprint density at radius 2 is 2.10 bits per heavy atom. The van der Waals surface area contributed by atoms with Gasteiger partial charge in [0.2, 0.25) is 0 Å². The molecule has 0 fully saturated rings. The zero-order chi connectivity index (χ0) is 15.0. The zero-order valence-electron chi connectivity index (χ0n) is 12.6. The highest BCUT2D eigenvalue weighted by Crippen LogP contribution is 2.23. The van der Waals surface area contributed by atoms with Crippen LogP contribution in [0.5, 0.6) is 0 Å². The van der Waals surface area contributed by atoms with Crippen LogP contribution in [-0.4, -0.2) is 25.8 Å². The van der Waals surface area contributed by atoms with Crippen LogP contribution in [-0.2, 0) is 11.2 Å². The Bertz CT molecular complexity index is 400. The first-order chi connectivity index (χ1) is 9.56. The third-order valence-electron chi connectivity index (χ3n) is 3.49. The number of rotatable bonds is 9. The highest BCUT2D eigenvalue weighted by Gasteiger charge is 2.13. The van der Waals surface area contributed by atoms with E-state index in [2.05, 4.69) is 47.2 Å². The van der Waals surface area contributed by atoms with Gasteiger partial charge in [-0.3, -0.25) is 0 Å². The summed E-state index contributed by atoms with van der Waals surface area (Å²) in [5, 5.41) is 4.45. The average molecular weight is 363 g/mol. The minimum atomic E-state index is 0.307. The second-order valence-corrected chi connectivity index (χ2v) is 6.54. The van der Waals surface area contributed by atoms with E-state index in [0.29, 0.717) is 12.1 Å². The molecule has 114 valence electrons. The molecule has 4 heteroatoms. The van der Waals surface area contributed by atoms with Gasteiger partial charge < -0.3 is 10.1 Å². The first kappa shape index (κ1) is 18.0. The van der Waals surface area contributed by atoms with E-state index in [-0.39, 0.29) is 0 Å². The zero-order valence-corrected chi connectivity index (χ0v) is 14.9. The number of halogens is 2. The number of benzene rings is 1. The average Bonchev–Trinajstić information content (AvgIpc) is 2.43. The third kappa shape index (κ3) is 6.57. The predicted octanol–water partition coefficient (Wildman–Crippen LogP) is 4.83. The summed E-state index contributed by atoms with van der Waals surface area (Å²) in [5.41, 5.74) is 1.20. The van der Waals surface area contributed by atoms with E-state index in [4.69, 9.17) is 16.3 Å². The maximum atomic E-state index is 6.32. The Morgan fingerprint density at radius 1 is 1.35 bits per heavy atom. The van der Waals surface area contributed by atoms with E-state index in [0.717, 1.165) is 41.7 Å². The summed E-state index contributed by atoms with van der Waals surface area (Å²) in [5.74, 6) is 0. The van der Waals surface area contributed by atoms with Gasteiger partial charge in [-0.25, -0.2) is 0 Å². The number of hydrogen-bond donors (Lipinski definition) is 1. The normalized spacial score (nSPS) is 14.2. The van der Waals surface area contributed by atoms with Crippen molar-refractivity contribution in [3.63, 3.8) is 0 Å². The van der Waals surface area contributed by atoms with Crippen molar-refractivity contribution in [2.45, 2.75) is 51.7 Å². The van der Waals surface area contributed by atoms with Gasteiger partial charge in [-0.1, -0.05) is 40.5 Å². The number of methoxy groups -OCH3 is 1. The van der Waals surface area contributed by atoms with Crippen molar-refractivity contribution in [1.82, 2.24) is 5.32 Å². The van der Waals surface area contributed by atoms with Crippen LogP contribution in [0, 0.1) is 0 Å². The van der Waals surface area contributed by atoms with Gasteiger partial charge >= 0.3 is 0 Å². The lowest BCUT2D eigenvalue weighted by molar-refractivity contribution is 0.106. The molecule has 1 rings (SSSR count). The van der Waals surface area contributed by atoms with E-state index in [1.807, 2.05) is 6.07 Å². The quantitative estimate of drug-likeness (QED) is 0.679. The smallest absolute Gasteiger partial charge is 0.0543 e. The molecular formula is C16H25BrClNO. The standard InChI is InChI=1S/C16H25BrClNO/c1-4-9-19-15(8-5-12(2)20-3)10-13-6-7-14(17)11-16(13)18/h6-7,11-12,15,19H,4-5,8-10H2,1-3H3. The van der Waals surface area contributed by atoms with E-state index in [9.17, 15) is 0 Å². The van der Waals surface area contributed by atoms with E-state index in [1.54, 1.807) is 7.11 Å². The molecule has 0 aromatic heterocycles. The summed E-state index contributed by atoms with van der Waals surface area (Å²) in [7, 11) is 1.77. The van der Waals surface area contributed by atoms with Gasteiger partial charge in [0.15, 0.2) is 0 Å². The second kappa shape index (κ2) is 9.78. The molecule has 0 saturated carbocycles. The first-order valence-electron chi connectivity index (χ1n) is 7.26. The van der Waals surface area contributed by atoms with Crippen LogP contribution < -0.4 is 5.32 Å². The molecule has 1 aromatic rings. The fraction of sp³-hybridized carbons (Fsp3) is 0.625. The van der Waals surface area contributed by atoms with Crippen molar-refractivity contribution in [1.29, 1.82) is 0 Å². The van der Waals surface area contributed by atoms with Gasteiger partial charge in [0.05, 0.1) is 6.10 Å². The molecule has 2 atom stereocenters. The maximum absolute atomic E-state index is 6.32. The molecule has 20 heavy (non-hydrogen) atoms. The first-order valence-corrected chi connectivity index (χ1v) is 8.44. The van der Waals surface area contributed by atoms with Gasteiger partial charge in [0.25, 0.3) is 0 Å². The van der Waals surface area contributed by atoms with Gasteiger partial charge in [-0.05, 0) is 56.8 Å². The lowest BCUT2D eigenvalue weighted by atomic mass is 10.00. The third-order valence-corrected chi connectivity index (χ3v) is 4.33. The van der Waals surface area contributed by atoms with Crippen LogP contribution >= 0.6 is 27.5 Å². The van der Waals surface area contributed by atoms with E-state index < -0.39 is 0 Å². The van der Waals surface area contributed by atoms with Gasteiger partial charge in [-0.2, -0.15) is 0 Å². The molecule has 0 aliphatic carbocycles. The molecule has 0 bridgehead atoms. The SMILES string of the molecule is CCCNC(CCC(C)OC)Cc1ccc(Br)cc1Cl. The minimum Gasteiger partial charge on any atom is -0.382 e. The lowest BCUT2D eigenvalue weighted by Crippen LogP contribution is -2.32. The second-order valence-electron chi connectivity index (χ2n) is 5.21. The van der Waals surface area contributed by atoms with Crippen molar-refractivity contribution in [3.8, 4) is 0 Å². The number of nitrogens with one attached hydrogen (secondary N) is 1. The van der Waals surface area contributed by atoms with E-state index >= 15 is 0 Å².